The Bertz CT molecular complexity index is 416. The maximum Gasteiger partial charge on any atom is 0.311 e. The van der Waals surface area contributed by atoms with Gasteiger partial charge in [-0.25, -0.2) is 0 Å². The van der Waals surface area contributed by atoms with Gasteiger partial charge < -0.3 is 9.84 Å². The van der Waals surface area contributed by atoms with Gasteiger partial charge in [-0.1, -0.05) is 23.7 Å². The first kappa shape index (κ1) is 13.4. The third-order valence-electron chi connectivity index (χ3n) is 3.66. The Morgan fingerprint density at radius 3 is 2.67 bits per heavy atom. The van der Waals surface area contributed by atoms with Crippen molar-refractivity contribution in [2.24, 2.45) is 11.8 Å². The van der Waals surface area contributed by atoms with Crippen LogP contribution in [-0.2, 0) is 16.0 Å². The van der Waals surface area contributed by atoms with E-state index in [-0.39, 0.29) is 17.8 Å². The number of hydrogen-bond donors (Lipinski definition) is 1. The molecule has 1 fully saturated rings. The number of esters is 1. The molecule has 3 nitrogen and oxygen atoms in total. The standard InChI is InChI=1S/C14H17ClO3/c1-18-14(17)12-7-4-10(13(12)16)8-9-2-5-11(15)6-3-9/h2-3,5-6,10,12-13,16H,4,7-8H2,1H3. The van der Waals surface area contributed by atoms with Crippen molar-refractivity contribution in [2.75, 3.05) is 7.11 Å². The van der Waals surface area contributed by atoms with Gasteiger partial charge >= 0.3 is 5.97 Å². The Morgan fingerprint density at radius 1 is 1.39 bits per heavy atom. The van der Waals surface area contributed by atoms with Crippen LogP contribution >= 0.6 is 11.6 Å². The maximum absolute atomic E-state index is 11.5. The largest absolute Gasteiger partial charge is 0.469 e. The van der Waals surface area contributed by atoms with Crippen LogP contribution in [0.25, 0.3) is 0 Å². The first-order valence-electron chi connectivity index (χ1n) is 6.12. The number of carbonyl (C=O) groups excluding carboxylic acids is 1. The number of aliphatic hydroxyl groups is 1. The van der Waals surface area contributed by atoms with Crippen molar-refractivity contribution in [3.05, 3.63) is 34.9 Å². The molecule has 0 aliphatic heterocycles. The smallest absolute Gasteiger partial charge is 0.311 e. The predicted molar refractivity (Wildman–Crippen MR) is 69.4 cm³/mol. The number of ether oxygens (including phenoxy) is 1. The molecule has 0 amide bonds. The number of hydrogen-bond acceptors (Lipinski definition) is 3. The van der Waals surface area contributed by atoms with E-state index in [1.165, 1.54) is 7.11 Å². The van der Waals surface area contributed by atoms with E-state index >= 15 is 0 Å². The zero-order valence-electron chi connectivity index (χ0n) is 10.3. The molecule has 18 heavy (non-hydrogen) atoms. The second kappa shape index (κ2) is 5.72. The topological polar surface area (TPSA) is 46.5 Å². The average Bonchev–Trinajstić information content (AvgIpc) is 2.73. The van der Waals surface area contributed by atoms with E-state index in [2.05, 4.69) is 0 Å². The first-order valence-corrected chi connectivity index (χ1v) is 6.50. The highest BCUT2D eigenvalue weighted by atomic mass is 35.5. The van der Waals surface area contributed by atoms with Gasteiger partial charge in [0.15, 0.2) is 0 Å². The molecule has 0 radical (unpaired) electrons. The van der Waals surface area contributed by atoms with E-state index in [0.717, 1.165) is 18.4 Å². The van der Waals surface area contributed by atoms with Crippen LogP contribution in [0.2, 0.25) is 5.02 Å². The van der Waals surface area contributed by atoms with Crippen LogP contribution in [-0.4, -0.2) is 24.3 Å². The summed E-state index contributed by atoms with van der Waals surface area (Å²) in [7, 11) is 1.36. The minimum Gasteiger partial charge on any atom is -0.469 e. The van der Waals surface area contributed by atoms with Gasteiger partial charge in [0, 0.05) is 5.02 Å². The van der Waals surface area contributed by atoms with Crippen molar-refractivity contribution < 1.29 is 14.6 Å². The molecule has 0 aromatic heterocycles. The Hall–Kier alpha value is -1.06. The van der Waals surface area contributed by atoms with E-state index in [4.69, 9.17) is 16.3 Å². The number of rotatable bonds is 3. The fourth-order valence-electron chi connectivity index (χ4n) is 2.62. The van der Waals surface area contributed by atoms with Gasteiger partial charge in [0.2, 0.25) is 0 Å². The van der Waals surface area contributed by atoms with Gasteiger partial charge in [-0.05, 0) is 42.9 Å². The number of halogens is 1. The second-order valence-electron chi connectivity index (χ2n) is 4.79. The highest BCUT2D eigenvalue weighted by molar-refractivity contribution is 6.30. The molecular formula is C14H17ClO3. The van der Waals surface area contributed by atoms with E-state index in [1.807, 2.05) is 24.3 Å². The molecule has 1 aliphatic rings. The Morgan fingerprint density at radius 2 is 2.06 bits per heavy atom. The van der Waals surface area contributed by atoms with Crippen LogP contribution in [0.1, 0.15) is 18.4 Å². The lowest BCUT2D eigenvalue weighted by atomic mass is 9.94. The second-order valence-corrected chi connectivity index (χ2v) is 5.22. The van der Waals surface area contributed by atoms with Crippen LogP contribution < -0.4 is 0 Å². The highest BCUT2D eigenvalue weighted by Crippen LogP contribution is 2.34. The molecule has 4 heteroatoms. The highest BCUT2D eigenvalue weighted by Gasteiger charge is 2.39. The molecule has 1 aromatic rings. The summed E-state index contributed by atoms with van der Waals surface area (Å²) in [5, 5.41) is 10.8. The van der Waals surface area contributed by atoms with Crippen LogP contribution in [0.5, 0.6) is 0 Å². The van der Waals surface area contributed by atoms with Crippen molar-refractivity contribution in [3.63, 3.8) is 0 Å². The third kappa shape index (κ3) is 2.85. The van der Waals surface area contributed by atoms with Gasteiger partial charge in [-0.3, -0.25) is 4.79 Å². The summed E-state index contributed by atoms with van der Waals surface area (Å²) in [5.41, 5.74) is 1.13. The van der Waals surface area contributed by atoms with Crippen molar-refractivity contribution in [3.8, 4) is 0 Å². The van der Waals surface area contributed by atoms with Crippen molar-refractivity contribution >= 4 is 17.6 Å². The van der Waals surface area contributed by atoms with Crippen LogP contribution in [0.3, 0.4) is 0 Å². The molecule has 3 unspecified atom stereocenters. The van der Waals surface area contributed by atoms with E-state index in [9.17, 15) is 9.90 Å². The van der Waals surface area contributed by atoms with Gasteiger partial charge in [0.1, 0.15) is 0 Å². The normalized spacial score (nSPS) is 27.2. The zero-order chi connectivity index (χ0) is 13.1. The molecule has 2 rings (SSSR count). The molecule has 0 saturated heterocycles. The summed E-state index contributed by atoms with van der Waals surface area (Å²) in [4.78, 5) is 11.5. The first-order chi connectivity index (χ1) is 8.61. The Kier molecular flexibility index (Phi) is 4.25. The minimum absolute atomic E-state index is 0.121. The summed E-state index contributed by atoms with van der Waals surface area (Å²) in [5.74, 6) is -0.552. The van der Waals surface area contributed by atoms with Crippen molar-refractivity contribution in [2.45, 2.75) is 25.4 Å². The summed E-state index contributed by atoms with van der Waals surface area (Å²) < 4.78 is 4.70. The fourth-order valence-corrected chi connectivity index (χ4v) is 2.74. The molecular weight excluding hydrogens is 252 g/mol. The summed E-state index contributed by atoms with van der Waals surface area (Å²) in [6, 6.07) is 7.60. The van der Waals surface area contributed by atoms with Gasteiger partial charge in [0.25, 0.3) is 0 Å². The molecule has 1 saturated carbocycles. The summed E-state index contributed by atoms with van der Waals surface area (Å²) in [6.45, 7) is 0. The Balaban J connectivity index is 1.99. The van der Waals surface area contributed by atoms with E-state index in [0.29, 0.717) is 11.4 Å². The average molecular weight is 269 g/mol. The number of methoxy groups -OCH3 is 1. The van der Waals surface area contributed by atoms with Crippen LogP contribution in [0.15, 0.2) is 24.3 Å². The fraction of sp³-hybridized carbons (Fsp3) is 0.500. The summed E-state index contributed by atoms with van der Waals surface area (Å²) >= 11 is 5.83. The maximum atomic E-state index is 11.5. The molecule has 98 valence electrons. The monoisotopic (exact) mass is 268 g/mol. The quantitative estimate of drug-likeness (QED) is 0.857. The lowest BCUT2D eigenvalue weighted by Crippen LogP contribution is -2.29. The minimum atomic E-state index is -0.604. The number of benzene rings is 1. The molecule has 1 N–H and O–H groups in total. The molecule has 3 atom stereocenters. The molecule has 0 spiro atoms. The molecule has 0 bridgehead atoms. The third-order valence-corrected chi connectivity index (χ3v) is 3.91. The van der Waals surface area contributed by atoms with E-state index in [1.54, 1.807) is 0 Å². The van der Waals surface area contributed by atoms with Gasteiger partial charge in [-0.2, -0.15) is 0 Å². The van der Waals surface area contributed by atoms with Crippen LogP contribution in [0, 0.1) is 11.8 Å². The molecule has 0 heterocycles. The zero-order valence-corrected chi connectivity index (χ0v) is 11.1. The van der Waals surface area contributed by atoms with Crippen molar-refractivity contribution in [1.29, 1.82) is 0 Å². The lowest BCUT2D eigenvalue weighted by Gasteiger charge is -2.18. The SMILES string of the molecule is COC(=O)C1CCC(Cc2ccc(Cl)cc2)C1O. The van der Waals surface area contributed by atoms with Gasteiger partial charge in [-0.15, -0.1) is 0 Å². The van der Waals surface area contributed by atoms with Gasteiger partial charge in [0.05, 0.1) is 19.1 Å². The Labute approximate surface area is 112 Å². The van der Waals surface area contributed by atoms with Crippen LogP contribution in [0.4, 0.5) is 0 Å². The molecule has 1 aromatic carbocycles. The lowest BCUT2D eigenvalue weighted by molar-refractivity contribution is -0.148. The molecule has 1 aliphatic carbocycles. The number of aliphatic hydroxyl groups excluding tert-OH is 1. The summed E-state index contributed by atoms with van der Waals surface area (Å²) in [6.07, 6.45) is 1.72. The predicted octanol–water partition coefficient (Wildman–Crippen LogP) is 2.44. The number of carbonyl (C=O) groups is 1. The van der Waals surface area contributed by atoms with E-state index < -0.39 is 6.10 Å². The van der Waals surface area contributed by atoms with Crippen molar-refractivity contribution in [1.82, 2.24) is 0 Å².